The van der Waals surface area contributed by atoms with Gasteiger partial charge in [0.15, 0.2) is 0 Å². The minimum Gasteiger partial charge on any atom is -0.0625 e. The Labute approximate surface area is 102 Å². The van der Waals surface area contributed by atoms with Crippen molar-refractivity contribution in [1.82, 2.24) is 0 Å². The Bertz CT molecular complexity index is 208. The highest BCUT2D eigenvalue weighted by Crippen LogP contribution is 2.40. The molecule has 16 heavy (non-hydrogen) atoms. The van der Waals surface area contributed by atoms with Crippen LogP contribution in [-0.2, 0) is 0 Å². The normalized spacial score (nSPS) is 45.6. The molecule has 0 aromatic heterocycles. The molecule has 0 bridgehead atoms. The zero-order valence-electron chi connectivity index (χ0n) is 11.5. The van der Waals surface area contributed by atoms with Gasteiger partial charge in [0.1, 0.15) is 0 Å². The van der Waals surface area contributed by atoms with Crippen LogP contribution in [0.4, 0.5) is 0 Å². The van der Waals surface area contributed by atoms with E-state index in [0.717, 1.165) is 29.6 Å². The predicted molar refractivity (Wildman–Crippen MR) is 71.4 cm³/mol. The van der Waals surface area contributed by atoms with Crippen LogP contribution in [0.3, 0.4) is 0 Å². The van der Waals surface area contributed by atoms with Crippen molar-refractivity contribution in [3.05, 3.63) is 0 Å². The highest BCUT2D eigenvalue weighted by Gasteiger charge is 2.28. The average molecular weight is 222 g/mol. The SMILES string of the molecule is CC1CCCC(CC2CCC(C)C(C)C2)C1. The molecule has 0 aromatic carbocycles. The van der Waals surface area contributed by atoms with Crippen molar-refractivity contribution in [1.29, 1.82) is 0 Å². The number of hydrogen-bond acceptors (Lipinski definition) is 0. The molecule has 5 atom stereocenters. The van der Waals surface area contributed by atoms with Gasteiger partial charge in [0.05, 0.1) is 0 Å². The first-order valence-corrected chi connectivity index (χ1v) is 7.65. The minimum atomic E-state index is 0.986. The summed E-state index contributed by atoms with van der Waals surface area (Å²) in [6, 6.07) is 0. The lowest BCUT2D eigenvalue weighted by Gasteiger charge is -2.36. The average Bonchev–Trinajstić information content (AvgIpc) is 2.24. The number of hydrogen-bond donors (Lipinski definition) is 0. The highest BCUT2D eigenvalue weighted by atomic mass is 14.3. The van der Waals surface area contributed by atoms with Crippen molar-refractivity contribution in [2.75, 3.05) is 0 Å². The van der Waals surface area contributed by atoms with E-state index in [4.69, 9.17) is 0 Å². The molecule has 0 N–H and O–H groups in total. The molecule has 0 spiro atoms. The molecule has 0 aliphatic heterocycles. The summed E-state index contributed by atoms with van der Waals surface area (Å²) < 4.78 is 0. The summed E-state index contributed by atoms with van der Waals surface area (Å²) in [6.45, 7) is 7.38. The quantitative estimate of drug-likeness (QED) is 0.596. The van der Waals surface area contributed by atoms with Gasteiger partial charge in [-0.1, -0.05) is 52.9 Å². The maximum Gasteiger partial charge on any atom is -0.0409 e. The molecule has 2 aliphatic carbocycles. The summed E-state index contributed by atoms with van der Waals surface area (Å²) in [5.41, 5.74) is 0. The Balaban J connectivity index is 1.76. The van der Waals surface area contributed by atoms with E-state index >= 15 is 0 Å². The van der Waals surface area contributed by atoms with Crippen LogP contribution in [0, 0.1) is 29.6 Å². The van der Waals surface area contributed by atoms with Crippen molar-refractivity contribution in [3.63, 3.8) is 0 Å². The van der Waals surface area contributed by atoms with Gasteiger partial charge in [-0.2, -0.15) is 0 Å². The minimum absolute atomic E-state index is 0.986. The molecule has 2 saturated carbocycles. The molecule has 0 heteroatoms. The zero-order chi connectivity index (χ0) is 11.5. The van der Waals surface area contributed by atoms with E-state index < -0.39 is 0 Å². The lowest BCUT2D eigenvalue weighted by Crippen LogP contribution is -2.24. The third-order valence-electron chi connectivity index (χ3n) is 5.42. The lowest BCUT2D eigenvalue weighted by atomic mass is 9.70. The topological polar surface area (TPSA) is 0 Å². The summed E-state index contributed by atoms with van der Waals surface area (Å²) in [5, 5.41) is 0. The molecule has 0 aromatic rings. The van der Waals surface area contributed by atoms with Crippen molar-refractivity contribution in [2.24, 2.45) is 29.6 Å². The second-order valence-corrected chi connectivity index (χ2v) is 7.01. The van der Waals surface area contributed by atoms with E-state index in [1.807, 2.05) is 0 Å². The Morgan fingerprint density at radius 1 is 0.750 bits per heavy atom. The summed E-state index contributed by atoms with van der Waals surface area (Å²) in [5.74, 6) is 5.14. The maximum absolute atomic E-state index is 2.47. The Kier molecular flexibility index (Phi) is 4.33. The maximum atomic E-state index is 2.47. The predicted octanol–water partition coefficient (Wildman–Crippen LogP) is 5.28. The summed E-state index contributed by atoms with van der Waals surface area (Å²) >= 11 is 0. The molecule has 0 heterocycles. The third kappa shape index (κ3) is 3.25. The Hall–Kier alpha value is 0. The number of rotatable bonds is 2. The van der Waals surface area contributed by atoms with Crippen LogP contribution in [-0.4, -0.2) is 0 Å². The molecular formula is C16H30. The van der Waals surface area contributed by atoms with Gasteiger partial charge < -0.3 is 0 Å². The molecule has 2 aliphatic rings. The van der Waals surface area contributed by atoms with Crippen LogP contribution >= 0.6 is 0 Å². The Morgan fingerprint density at radius 3 is 2.19 bits per heavy atom. The second kappa shape index (κ2) is 5.56. The molecule has 94 valence electrons. The zero-order valence-corrected chi connectivity index (χ0v) is 11.5. The van der Waals surface area contributed by atoms with Gasteiger partial charge >= 0.3 is 0 Å². The van der Waals surface area contributed by atoms with Crippen molar-refractivity contribution in [3.8, 4) is 0 Å². The molecule has 0 saturated heterocycles. The fourth-order valence-corrected chi connectivity index (χ4v) is 4.12. The van der Waals surface area contributed by atoms with Crippen LogP contribution in [0.25, 0.3) is 0 Å². The van der Waals surface area contributed by atoms with Gasteiger partial charge in [0.2, 0.25) is 0 Å². The van der Waals surface area contributed by atoms with Crippen LogP contribution in [0.2, 0.25) is 0 Å². The first-order chi connectivity index (χ1) is 7.65. The van der Waals surface area contributed by atoms with Gasteiger partial charge in [-0.05, 0) is 48.9 Å². The fourth-order valence-electron chi connectivity index (χ4n) is 4.12. The molecule has 2 rings (SSSR count). The smallest absolute Gasteiger partial charge is 0.0409 e. The van der Waals surface area contributed by atoms with Gasteiger partial charge in [-0.25, -0.2) is 0 Å². The molecule has 0 nitrogen and oxygen atoms in total. The first-order valence-electron chi connectivity index (χ1n) is 7.65. The van der Waals surface area contributed by atoms with Gasteiger partial charge in [-0.3, -0.25) is 0 Å². The first kappa shape index (κ1) is 12.5. The van der Waals surface area contributed by atoms with Gasteiger partial charge in [0.25, 0.3) is 0 Å². The van der Waals surface area contributed by atoms with Gasteiger partial charge in [-0.15, -0.1) is 0 Å². The molecule has 2 fully saturated rings. The van der Waals surface area contributed by atoms with Crippen molar-refractivity contribution < 1.29 is 0 Å². The Morgan fingerprint density at radius 2 is 1.50 bits per heavy atom. The molecule has 5 unspecified atom stereocenters. The highest BCUT2D eigenvalue weighted by molar-refractivity contribution is 4.79. The summed E-state index contributed by atoms with van der Waals surface area (Å²) in [4.78, 5) is 0. The van der Waals surface area contributed by atoms with Crippen LogP contribution in [0.15, 0.2) is 0 Å². The molecule has 0 amide bonds. The van der Waals surface area contributed by atoms with Crippen LogP contribution in [0.5, 0.6) is 0 Å². The van der Waals surface area contributed by atoms with E-state index in [-0.39, 0.29) is 0 Å². The van der Waals surface area contributed by atoms with Crippen molar-refractivity contribution in [2.45, 2.75) is 72.1 Å². The third-order valence-corrected chi connectivity index (χ3v) is 5.42. The van der Waals surface area contributed by atoms with E-state index in [1.54, 1.807) is 6.42 Å². The van der Waals surface area contributed by atoms with Crippen LogP contribution < -0.4 is 0 Å². The van der Waals surface area contributed by atoms with Crippen molar-refractivity contribution >= 4 is 0 Å². The standard InChI is InChI=1S/C16H30/c1-12-5-4-6-15(9-12)11-16-8-7-13(2)14(3)10-16/h12-16H,4-11H2,1-3H3. The monoisotopic (exact) mass is 222 g/mol. The summed E-state index contributed by atoms with van der Waals surface area (Å²) in [7, 11) is 0. The lowest BCUT2D eigenvalue weighted by molar-refractivity contribution is 0.158. The van der Waals surface area contributed by atoms with E-state index in [1.165, 1.54) is 44.9 Å². The molecular weight excluding hydrogens is 192 g/mol. The molecule has 0 radical (unpaired) electrons. The van der Waals surface area contributed by atoms with E-state index in [0.29, 0.717) is 0 Å². The fraction of sp³-hybridized carbons (Fsp3) is 1.00. The summed E-state index contributed by atoms with van der Waals surface area (Å²) in [6.07, 6.45) is 12.2. The van der Waals surface area contributed by atoms with Crippen LogP contribution in [0.1, 0.15) is 72.1 Å². The van der Waals surface area contributed by atoms with Gasteiger partial charge in [0, 0.05) is 0 Å². The van der Waals surface area contributed by atoms with E-state index in [9.17, 15) is 0 Å². The largest absolute Gasteiger partial charge is 0.0625 e. The second-order valence-electron chi connectivity index (χ2n) is 7.01. The van der Waals surface area contributed by atoms with E-state index in [2.05, 4.69) is 20.8 Å².